The van der Waals surface area contributed by atoms with Gasteiger partial charge in [0.1, 0.15) is 12.4 Å². The summed E-state index contributed by atoms with van der Waals surface area (Å²) in [7, 11) is 0. The van der Waals surface area contributed by atoms with Gasteiger partial charge >= 0.3 is 0 Å². The summed E-state index contributed by atoms with van der Waals surface area (Å²) in [4.78, 5) is 10.8. The Kier molecular flexibility index (Phi) is 5.40. The molecule has 5 unspecified atom stereocenters. The van der Waals surface area contributed by atoms with Gasteiger partial charge in [-0.1, -0.05) is 27.2 Å². The second kappa shape index (κ2) is 6.85. The maximum Gasteiger partial charge on any atom is 0.158 e. The Hall–Kier alpha value is -0.410. The lowest BCUT2D eigenvalue weighted by molar-refractivity contribution is -0.227. The molecule has 0 aromatic heterocycles. The molecule has 0 amide bonds. The van der Waals surface area contributed by atoms with E-state index in [-0.39, 0.29) is 12.4 Å². The fourth-order valence-electron chi connectivity index (χ4n) is 3.48. The van der Waals surface area contributed by atoms with Crippen LogP contribution in [0.25, 0.3) is 0 Å². The van der Waals surface area contributed by atoms with Crippen molar-refractivity contribution in [2.75, 3.05) is 0 Å². The summed E-state index contributed by atoms with van der Waals surface area (Å²) < 4.78 is 11.9. The lowest BCUT2D eigenvalue weighted by Crippen LogP contribution is -2.40. The van der Waals surface area contributed by atoms with Crippen LogP contribution in [0.15, 0.2) is 0 Å². The van der Waals surface area contributed by atoms with Crippen LogP contribution in [0, 0.1) is 17.8 Å². The summed E-state index contributed by atoms with van der Waals surface area (Å²) in [5.74, 6) is 2.03. The summed E-state index contributed by atoms with van der Waals surface area (Å²) in [6, 6.07) is 0. The molecule has 0 radical (unpaired) electrons. The first-order valence-electron chi connectivity index (χ1n) is 7.86. The zero-order chi connectivity index (χ0) is 13.8. The first-order valence-corrected chi connectivity index (χ1v) is 7.86. The highest BCUT2D eigenvalue weighted by Gasteiger charge is 2.34. The van der Waals surface area contributed by atoms with Crippen LogP contribution in [0.5, 0.6) is 0 Å². The van der Waals surface area contributed by atoms with Crippen LogP contribution in [-0.2, 0) is 14.3 Å². The molecule has 1 heterocycles. The van der Waals surface area contributed by atoms with Crippen molar-refractivity contribution in [2.45, 2.75) is 77.8 Å². The van der Waals surface area contributed by atoms with Gasteiger partial charge < -0.3 is 14.3 Å². The van der Waals surface area contributed by atoms with E-state index in [9.17, 15) is 4.79 Å². The van der Waals surface area contributed by atoms with Crippen LogP contribution in [0.3, 0.4) is 0 Å². The normalized spacial score (nSPS) is 40.3. The fraction of sp³-hybridized carbons (Fsp3) is 0.938. The van der Waals surface area contributed by atoms with E-state index in [1.165, 1.54) is 12.8 Å². The Bertz CT molecular complexity index is 290. The zero-order valence-corrected chi connectivity index (χ0v) is 12.5. The predicted octanol–water partition coefficient (Wildman–Crippen LogP) is 3.56. The van der Waals surface area contributed by atoms with E-state index < -0.39 is 0 Å². The minimum absolute atomic E-state index is 0.166. The number of hydrogen-bond acceptors (Lipinski definition) is 3. The number of carbonyl (C=O) groups is 1. The van der Waals surface area contributed by atoms with Crippen molar-refractivity contribution in [2.24, 2.45) is 17.8 Å². The molecule has 0 aromatic carbocycles. The van der Waals surface area contributed by atoms with Gasteiger partial charge in [-0.25, -0.2) is 0 Å². The predicted molar refractivity (Wildman–Crippen MR) is 74.8 cm³/mol. The summed E-state index contributed by atoms with van der Waals surface area (Å²) in [5.41, 5.74) is 0. The van der Waals surface area contributed by atoms with E-state index in [0.29, 0.717) is 17.9 Å². The SMILES string of the molecule is CC1CCC(C(C)C)C(OC2CCCC(C=O)O2)C1. The Morgan fingerprint density at radius 3 is 2.68 bits per heavy atom. The maximum atomic E-state index is 10.8. The van der Waals surface area contributed by atoms with E-state index in [1.54, 1.807) is 0 Å². The molecular formula is C16H28O3. The van der Waals surface area contributed by atoms with Crippen molar-refractivity contribution >= 4 is 6.29 Å². The highest BCUT2D eigenvalue weighted by molar-refractivity contribution is 5.56. The fourth-order valence-corrected chi connectivity index (χ4v) is 3.48. The molecule has 1 saturated heterocycles. The average Bonchev–Trinajstić information content (AvgIpc) is 2.38. The second-order valence-electron chi connectivity index (χ2n) is 6.67. The molecule has 1 aliphatic heterocycles. The number of hydrogen-bond donors (Lipinski definition) is 0. The van der Waals surface area contributed by atoms with Gasteiger partial charge in [0.25, 0.3) is 0 Å². The van der Waals surface area contributed by atoms with Crippen molar-refractivity contribution in [3.05, 3.63) is 0 Å². The van der Waals surface area contributed by atoms with Crippen molar-refractivity contribution < 1.29 is 14.3 Å². The topological polar surface area (TPSA) is 35.5 Å². The number of carbonyl (C=O) groups excluding carboxylic acids is 1. The van der Waals surface area contributed by atoms with E-state index in [4.69, 9.17) is 9.47 Å². The quantitative estimate of drug-likeness (QED) is 0.731. The van der Waals surface area contributed by atoms with Gasteiger partial charge in [-0.2, -0.15) is 0 Å². The second-order valence-corrected chi connectivity index (χ2v) is 6.67. The Balaban J connectivity index is 1.92. The maximum absolute atomic E-state index is 10.8. The molecule has 110 valence electrons. The lowest BCUT2D eigenvalue weighted by Gasteiger charge is -2.40. The van der Waals surface area contributed by atoms with Gasteiger partial charge in [0.15, 0.2) is 6.29 Å². The van der Waals surface area contributed by atoms with Crippen molar-refractivity contribution in [1.29, 1.82) is 0 Å². The molecule has 0 aromatic rings. The highest BCUT2D eigenvalue weighted by atomic mass is 16.7. The van der Waals surface area contributed by atoms with Crippen LogP contribution >= 0.6 is 0 Å². The molecule has 19 heavy (non-hydrogen) atoms. The minimum atomic E-state index is -0.253. The third kappa shape index (κ3) is 4.03. The van der Waals surface area contributed by atoms with E-state index in [0.717, 1.165) is 37.9 Å². The van der Waals surface area contributed by atoms with Crippen LogP contribution < -0.4 is 0 Å². The van der Waals surface area contributed by atoms with Gasteiger partial charge in [0.2, 0.25) is 0 Å². The number of rotatable bonds is 4. The molecule has 3 heteroatoms. The van der Waals surface area contributed by atoms with E-state index in [1.807, 2.05) is 0 Å². The van der Waals surface area contributed by atoms with Gasteiger partial charge in [0.05, 0.1) is 6.10 Å². The summed E-state index contributed by atoms with van der Waals surface area (Å²) in [6.45, 7) is 6.88. The molecular weight excluding hydrogens is 240 g/mol. The van der Waals surface area contributed by atoms with Gasteiger partial charge in [-0.3, -0.25) is 0 Å². The first-order chi connectivity index (χ1) is 9.10. The molecule has 0 spiro atoms. The van der Waals surface area contributed by atoms with E-state index in [2.05, 4.69) is 20.8 Å². The Labute approximate surface area is 117 Å². The van der Waals surface area contributed by atoms with Crippen molar-refractivity contribution in [3.63, 3.8) is 0 Å². The first kappa shape index (κ1) is 15.0. The smallest absolute Gasteiger partial charge is 0.158 e. The van der Waals surface area contributed by atoms with Crippen LogP contribution in [-0.4, -0.2) is 24.8 Å². The average molecular weight is 268 g/mol. The molecule has 0 bridgehead atoms. The van der Waals surface area contributed by atoms with Crippen LogP contribution in [0.4, 0.5) is 0 Å². The summed E-state index contributed by atoms with van der Waals surface area (Å²) in [6.07, 6.45) is 7.31. The monoisotopic (exact) mass is 268 g/mol. The standard InChI is InChI=1S/C16H28O3/c1-11(2)14-8-7-12(3)9-15(14)19-16-6-4-5-13(10-17)18-16/h10-16H,4-9H2,1-3H3. The van der Waals surface area contributed by atoms with Crippen molar-refractivity contribution in [3.8, 4) is 0 Å². The molecule has 2 rings (SSSR count). The Morgan fingerprint density at radius 1 is 1.21 bits per heavy atom. The Morgan fingerprint density at radius 2 is 2.00 bits per heavy atom. The molecule has 1 saturated carbocycles. The molecule has 1 aliphatic carbocycles. The molecule has 5 atom stereocenters. The molecule has 0 N–H and O–H groups in total. The van der Waals surface area contributed by atoms with E-state index >= 15 is 0 Å². The van der Waals surface area contributed by atoms with Crippen LogP contribution in [0.2, 0.25) is 0 Å². The molecule has 2 fully saturated rings. The largest absolute Gasteiger partial charge is 0.349 e. The number of ether oxygens (including phenoxy) is 2. The zero-order valence-electron chi connectivity index (χ0n) is 12.5. The third-order valence-corrected chi connectivity index (χ3v) is 4.69. The number of aldehydes is 1. The summed E-state index contributed by atoms with van der Waals surface area (Å²) in [5, 5.41) is 0. The van der Waals surface area contributed by atoms with Gasteiger partial charge in [-0.15, -0.1) is 0 Å². The molecule has 3 nitrogen and oxygen atoms in total. The highest BCUT2D eigenvalue weighted by Crippen LogP contribution is 2.36. The van der Waals surface area contributed by atoms with Gasteiger partial charge in [-0.05, 0) is 49.9 Å². The third-order valence-electron chi connectivity index (χ3n) is 4.69. The minimum Gasteiger partial charge on any atom is -0.349 e. The molecule has 2 aliphatic rings. The van der Waals surface area contributed by atoms with Crippen molar-refractivity contribution in [1.82, 2.24) is 0 Å². The van der Waals surface area contributed by atoms with Crippen LogP contribution in [0.1, 0.15) is 59.3 Å². The van der Waals surface area contributed by atoms with Gasteiger partial charge in [0, 0.05) is 0 Å². The summed E-state index contributed by atoms with van der Waals surface area (Å²) >= 11 is 0. The lowest BCUT2D eigenvalue weighted by atomic mass is 9.75.